The van der Waals surface area contributed by atoms with Gasteiger partial charge in [-0.15, -0.1) is 15.3 Å². The second kappa shape index (κ2) is 5.38. The maximum Gasteiger partial charge on any atom is 0.177 e. The molecule has 22 heavy (non-hydrogen) atoms. The van der Waals surface area contributed by atoms with Crippen LogP contribution in [0.4, 0.5) is 5.82 Å². The average Bonchev–Trinajstić information content (AvgIpc) is 3.14. The van der Waals surface area contributed by atoms with E-state index in [0.717, 1.165) is 37.6 Å². The van der Waals surface area contributed by atoms with Crippen LogP contribution in [0.5, 0.6) is 0 Å². The summed E-state index contributed by atoms with van der Waals surface area (Å²) in [6, 6.07) is 6.47. The second-order valence-corrected chi connectivity index (χ2v) is 5.63. The van der Waals surface area contributed by atoms with E-state index in [-0.39, 0.29) is 0 Å². The Hall–Kier alpha value is -2.48. The molecule has 0 radical (unpaired) electrons. The number of hydrogen-bond donors (Lipinski definition) is 0. The SMILES string of the molecule is CN(CCn1cccn1)C1CN(c2ccc3nncn3n2)C1. The fraction of sp³-hybridized carbons (Fsp3) is 0.429. The molecule has 0 aliphatic carbocycles. The normalized spacial score (nSPS) is 15.6. The van der Waals surface area contributed by atoms with Gasteiger partial charge >= 0.3 is 0 Å². The summed E-state index contributed by atoms with van der Waals surface area (Å²) in [6.07, 6.45) is 5.45. The van der Waals surface area contributed by atoms with Gasteiger partial charge in [-0.25, -0.2) is 0 Å². The zero-order chi connectivity index (χ0) is 14.9. The van der Waals surface area contributed by atoms with E-state index >= 15 is 0 Å². The quantitative estimate of drug-likeness (QED) is 0.667. The summed E-state index contributed by atoms with van der Waals surface area (Å²) in [5, 5.41) is 16.6. The van der Waals surface area contributed by atoms with Gasteiger partial charge in [-0.05, 0) is 25.2 Å². The Morgan fingerprint density at radius 1 is 1.32 bits per heavy atom. The highest BCUT2D eigenvalue weighted by Gasteiger charge is 2.30. The zero-order valence-electron chi connectivity index (χ0n) is 12.4. The molecule has 1 aliphatic rings. The van der Waals surface area contributed by atoms with Crippen molar-refractivity contribution in [2.24, 2.45) is 0 Å². The Labute approximate surface area is 128 Å². The average molecular weight is 298 g/mol. The van der Waals surface area contributed by atoms with Crippen molar-refractivity contribution in [3.05, 3.63) is 36.9 Å². The van der Waals surface area contributed by atoms with Gasteiger partial charge in [0, 0.05) is 38.1 Å². The molecule has 1 fully saturated rings. The molecule has 0 atom stereocenters. The molecule has 0 spiro atoms. The van der Waals surface area contributed by atoms with Crippen molar-refractivity contribution in [2.45, 2.75) is 12.6 Å². The third kappa shape index (κ3) is 2.41. The molecule has 114 valence electrons. The first kappa shape index (κ1) is 13.2. The minimum Gasteiger partial charge on any atom is -0.352 e. The van der Waals surface area contributed by atoms with Crippen LogP contribution in [0.25, 0.3) is 5.65 Å². The summed E-state index contributed by atoms with van der Waals surface area (Å²) in [5.41, 5.74) is 0.775. The zero-order valence-corrected chi connectivity index (χ0v) is 12.4. The Kier molecular flexibility index (Phi) is 3.23. The molecule has 3 aromatic rings. The van der Waals surface area contributed by atoms with Crippen LogP contribution in [0, 0.1) is 0 Å². The van der Waals surface area contributed by atoms with Crippen LogP contribution in [-0.4, -0.2) is 67.2 Å². The first-order valence-electron chi connectivity index (χ1n) is 7.39. The molecule has 0 amide bonds. The van der Waals surface area contributed by atoms with Crippen LogP contribution in [-0.2, 0) is 6.54 Å². The highest BCUT2D eigenvalue weighted by molar-refractivity contribution is 5.47. The summed E-state index contributed by atoms with van der Waals surface area (Å²) in [7, 11) is 2.17. The number of hydrogen-bond acceptors (Lipinski definition) is 6. The number of anilines is 1. The van der Waals surface area contributed by atoms with Crippen molar-refractivity contribution in [1.29, 1.82) is 0 Å². The molecule has 8 heteroatoms. The Morgan fingerprint density at radius 2 is 2.23 bits per heavy atom. The van der Waals surface area contributed by atoms with Gasteiger partial charge in [0.05, 0.1) is 6.54 Å². The molecular formula is C14H18N8. The molecule has 0 saturated carbocycles. The third-order valence-corrected chi connectivity index (χ3v) is 4.20. The lowest BCUT2D eigenvalue weighted by molar-refractivity contribution is 0.195. The van der Waals surface area contributed by atoms with Crippen molar-refractivity contribution in [1.82, 2.24) is 34.5 Å². The van der Waals surface area contributed by atoms with E-state index in [4.69, 9.17) is 0 Å². The summed E-state index contributed by atoms with van der Waals surface area (Å²) < 4.78 is 3.68. The van der Waals surface area contributed by atoms with Crippen molar-refractivity contribution in [3.8, 4) is 0 Å². The summed E-state index contributed by atoms with van der Waals surface area (Å²) in [4.78, 5) is 4.66. The van der Waals surface area contributed by atoms with Crippen LogP contribution in [0.15, 0.2) is 36.9 Å². The Bertz CT molecular complexity index is 743. The van der Waals surface area contributed by atoms with E-state index in [2.05, 4.69) is 37.2 Å². The molecule has 3 aromatic heterocycles. The highest BCUT2D eigenvalue weighted by atomic mass is 15.4. The molecule has 8 nitrogen and oxygen atoms in total. The molecule has 0 N–H and O–H groups in total. The van der Waals surface area contributed by atoms with E-state index in [1.807, 2.05) is 35.3 Å². The van der Waals surface area contributed by atoms with Gasteiger partial charge in [0.2, 0.25) is 0 Å². The minimum atomic E-state index is 0.564. The van der Waals surface area contributed by atoms with Crippen molar-refractivity contribution < 1.29 is 0 Å². The van der Waals surface area contributed by atoms with Gasteiger partial charge in [0.15, 0.2) is 5.65 Å². The summed E-state index contributed by atoms with van der Waals surface area (Å²) in [5.74, 6) is 0.976. The fourth-order valence-electron chi connectivity index (χ4n) is 2.68. The Balaban J connectivity index is 1.33. The van der Waals surface area contributed by atoms with Crippen LogP contribution >= 0.6 is 0 Å². The molecule has 4 rings (SSSR count). The van der Waals surface area contributed by atoms with Crippen LogP contribution in [0.2, 0.25) is 0 Å². The highest BCUT2D eigenvalue weighted by Crippen LogP contribution is 2.21. The van der Waals surface area contributed by atoms with Crippen molar-refractivity contribution in [2.75, 3.05) is 31.6 Å². The predicted molar refractivity (Wildman–Crippen MR) is 81.6 cm³/mol. The number of aromatic nitrogens is 6. The number of rotatable bonds is 5. The molecule has 0 aromatic carbocycles. The van der Waals surface area contributed by atoms with Gasteiger partial charge in [0.1, 0.15) is 12.1 Å². The maximum atomic E-state index is 4.52. The number of likely N-dealkylation sites (N-methyl/N-ethyl adjacent to an activating group) is 1. The molecule has 0 unspecified atom stereocenters. The monoisotopic (exact) mass is 298 g/mol. The van der Waals surface area contributed by atoms with Gasteiger partial charge < -0.3 is 4.90 Å². The van der Waals surface area contributed by atoms with E-state index in [1.165, 1.54) is 0 Å². The Morgan fingerprint density at radius 3 is 3.05 bits per heavy atom. The van der Waals surface area contributed by atoms with E-state index in [0.29, 0.717) is 6.04 Å². The van der Waals surface area contributed by atoms with Crippen molar-refractivity contribution >= 4 is 11.5 Å². The number of nitrogens with zero attached hydrogens (tertiary/aromatic N) is 8. The first-order chi connectivity index (χ1) is 10.8. The number of fused-ring (bicyclic) bond motifs is 1. The second-order valence-electron chi connectivity index (χ2n) is 5.63. The van der Waals surface area contributed by atoms with E-state index in [9.17, 15) is 0 Å². The van der Waals surface area contributed by atoms with Crippen LogP contribution in [0.1, 0.15) is 0 Å². The van der Waals surface area contributed by atoms with E-state index in [1.54, 1.807) is 10.8 Å². The largest absolute Gasteiger partial charge is 0.352 e. The smallest absolute Gasteiger partial charge is 0.177 e. The first-order valence-corrected chi connectivity index (χ1v) is 7.39. The van der Waals surface area contributed by atoms with Gasteiger partial charge in [-0.1, -0.05) is 0 Å². The molecule has 1 aliphatic heterocycles. The summed E-state index contributed by atoms with van der Waals surface area (Å²) >= 11 is 0. The standard InChI is InChI=1S/C14H18N8/c1-19(7-8-21-6-2-5-16-21)12-9-20(10-12)14-4-3-13-17-15-11-22(13)18-14/h2-6,11-12H,7-10H2,1H3. The van der Waals surface area contributed by atoms with E-state index < -0.39 is 0 Å². The third-order valence-electron chi connectivity index (χ3n) is 4.20. The van der Waals surface area contributed by atoms with Crippen LogP contribution in [0.3, 0.4) is 0 Å². The van der Waals surface area contributed by atoms with Gasteiger partial charge in [-0.3, -0.25) is 9.58 Å². The fourth-order valence-corrected chi connectivity index (χ4v) is 2.68. The minimum absolute atomic E-state index is 0.564. The summed E-state index contributed by atoms with van der Waals surface area (Å²) in [6.45, 7) is 3.91. The van der Waals surface area contributed by atoms with Crippen molar-refractivity contribution in [3.63, 3.8) is 0 Å². The molecular weight excluding hydrogens is 280 g/mol. The maximum absolute atomic E-state index is 4.52. The molecule has 1 saturated heterocycles. The molecule has 0 bridgehead atoms. The van der Waals surface area contributed by atoms with Crippen LogP contribution < -0.4 is 4.90 Å². The molecule has 4 heterocycles. The van der Waals surface area contributed by atoms with Gasteiger partial charge in [-0.2, -0.15) is 9.61 Å². The lowest BCUT2D eigenvalue weighted by Gasteiger charge is -2.44. The topological polar surface area (TPSA) is 67.4 Å². The lowest BCUT2D eigenvalue weighted by atomic mass is 10.1. The lowest BCUT2D eigenvalue weighted by Crippen LogP contribution is -2.59. The predicted octanol–water partition coefficient (Wildman–Crippen LogP) is 0.141. The van der Waals surface area contributed by atoms with Gasteiger partial charge in [0.25, 0.3) is 0 Å².